The number of carbonyl (C=O) groups is 2. The predicted molar refractivity (Wildman–Crippen MR) is 110 cm³/mol. The van der Waals surface area contributed by atoms with E-state index >= 15 is 0 Å². The number of carbonyl (C=O) groups excluding carboxylic acids is 2. The molecule has 0 saturated carbocycles. The zero-order valence-electron chi connectivity index (χ0n) is 17.1. The summed E-state index contributed by atoms with van der Waals surface area (Å²) in [6.07, 6.45) is 0.169. The molecule has 30 heavy (non-hydrogen) atoms. The van der Waals surface area contributed by atoms with E-state index in [1.165, 1.54) is 23.5 Å². The number of aryl methyl sites for hydroxylation is 2. The molecule has 9 nitrogen and oxygen atoms in total. The molecule has 1 unspecified atom stereocenters. The lowest BCUT2D eigenvalue weighted by Gasteiger charge is -2.25. The molecule has 10 heteroatoms. The van der Waals surface area contributed by atoms with Gasteiger partial charge >= 0.3 is 5.97 Å². The number of H-pyrrole nitrogens is 1. The van der Waals surface area contributed by atoms with Crippen molar-refractivity contribution in [3.05, 3.63) is 47.3 Å². The van der Waals surface area contributed by atoms with Crippen molar-refractivity contribution in [3.63, 3.8) is 0 Å². The van der Waals surface area contributed by atoms with E-state index in [9.17, 15) is 18.0 Å². The van der Waals surface area contributed by atoms with Gasteiger partial charge in [-0.3, -0.25) is 4.79 Å². The van der Waals surface area contributed by atoms with Gasteiger partial charge in [0.15, 0.2) is 6.10 Å². The van der Waals surface area contributed by atoms with Crippen molar-refractivity contribution in [1.29, 1.82) is 0 Å². The van der Waals surface area contributed by atoms with Crippen molar-refractivity contribution in [2.75, 3.05) is 31.6 Å². The average molecular weight is 436 g/mol. The number of nitrogens with one attached hydrogen (secondary N) is 2. The van der Waals surface area contributed by atoms with Crippen LogP contribution in [-0.4, -0.2) is 62.0 Å². The standard InChI is InChI=1S/C20H25N3O6S/c1-13-4-5-17(14(2)10-13)22-19(24)15(3)29-20(25)18-11-16(12-21-18)30(26,27)23-6-8-28-9-7-23/h4-5,10-12,15,21H,6-9H2,1-3H3,(H,22,24). The quantitative estimate of drug-likeness (QED) is 0.669. The van der Waals surface area contributed by atoms with Crippen molar-refractivity contribution < 1.29 is 27.5 Å². The van der Waals surface area contributed by atoms with Gasteiger partial charge < -0.3 is 19.8 Å². The van der Waals surface area contributed by atoms with E-state index in [2.05, 4.69) is 10.3 Å². The summed E-state index contributed by atoms with van der Waals surface area (Å²) in [5, 5.41) is 2.73. The van der Waals surface area contributed by atoms with Crippen LogP contribution in [0.4, 0.5) is 5.69 Å². The van der Waals surface area contributed by atoms with Gasteiger partial charge in [-0.1, -0.05) is 17.7 Å². The Kier molecular flexibility index (Phi) is 6.59. The molecule has 1 fully saturated rings. The lowest BCUT2D eigenvalue weighted by Crippen LogP contribution is -2.40. The van der Waals surface area contributed by atoms with Gasteiger partial charge in [0.25, 0.3) is 5.91 Å². The van der Waals surface area contributed by atoms with E-state index in [1.807, 2.05) is 26.0 Å². The molecule has 0 bridgehead atoms. The molecule has 1 amide bonds. The maximum absolute atomic E-state index is 12.6. The lowest BCUT2D eigenvalue weighted by atomic mass is 10.1. The fourth-order valence-electron chi connectivity index (χ4n) is 3.04. The van der Waals surface area contributed by atoms with E-state index in [4.69, 9.17) is 9.47 Å². The minimum Gasteiger partial charge on any atom is -0.448 e. The molecule has 2 N–H and O–H groups in total. The Balaban J connectivity index is 1.63. The second-order valence-electron chi connectivity index (χ2n) is 7.12. The van der Waals surface area contributed by atoms with Crippen LogP contribution in [0.5, 0.6) is 0 Å². The molecule has 0 radical (unpaired) electrons. The maximum atomic E-state index is 12.6. The second kappa shape index (κ2) is 8.99. The largest absolute Gasteiger partial charge is 0.448 e. The van der Waals surface area contributed by atoms with E-state index in [0.717, 1.165) is 11.1 Å². The minimum atomic E-state index is -3.73. The minimum absolute atomic E-state index is 0.0382. The summed E-state index contributed by atoms with van der Waals surface area (Å²) in [5.74, 6) is -1.30. The van der Waals surface area contributed by atoms with Crippen molar-refractivity contribution in [2.45, 2.75) is 31.8 Å². The summed E-state index contributed by atoms with van der Waals surface area (Å²) >= 11 is 0. The Morgan fingerprint density at radius 1 is 1.20 bits per heavy atom. The Morgan fingerprint density at radius 2 is 1.90 bits per heavy atom. The predicted octanol–water partition coefficient (Wildman–Crippen LogP) is 1.84. The highest BCUT2D eigenvalue weighted by atomic mass is 32.2. The van der Waals surface area contributed by atoms with Crippen molar-refractivity contribution in [2.24, 2.45) is 0 Å². The van der Waals surface area contributed by atoms with Crippen LogP contribution in [0.2, 0.25) is 0 Å². The van der Waals surface area contributed by atoms with Gasteiger partial charge in [0, 0.05) is 25.0 Å². The van der Waals surface area contributed by atoms with Gasteiger partial charge in [-0.25, -0.2) is 13.2 Å². The van der Waals surface area contributed by atoms with Gasteiger partial charge in [0.2, 0.25) is 10.0 Å². The van der Waals surface area contributed by atoms with Crippen LogP contribution in [0.15, 0.2) is 35.4 Å². The number of esters is 1. The topological polar surface area (TPSA) is 118 Å². The monoisotopic (exact) mass is 435 g/mol. The Bertz CT molecular complexity index is 1040. The molecule has 1 atom stereocenters. The van der Waals surface area contributed by atoms with E-state index in [0.29, 0.717) is 18.9 Å². The Hall–Kier alpha value is -2.69. The summed E-state index contributed by atoms with van der Waals surface area (Å²) in [6, 6.07) is 6.79. The number of benzene rings is 1. The number of hydrogen-bond acceptors (Lipinski definition) is 6. The first-order chi connectivity index (χ1) is 14.2. The first-order valence-corrected chi connectivity index (χ1v) is 11.0. The van der Waals surface area contributed by atoms with Crippen LogP contribution in [0.25, 0.3) is 0 Å². The highest BCUT2D eigenvalue weighted by Gasteiger charge is 2.29. The molecule has 1 aliphatic heterocycles. The number of ether oxygens (including phenoxy) is 2. The zero-order valence-corrected chi connectivity index (χ0v) is 17.9. The molecule has 1 saturated heterocycles. The maximum Gasteiger partial charge on any atom is 0.355 e. The summed E-state index contributed by atoms with van der Waals surface area (Å²) in [5.41, 5.74) is 2.55. The second-order valence-corrected chi connectivity index (χ2v) is 9.06. The molecule has 0 aliphatic carbocycles. The van der Waals surface area contributed by atoms with Crippen molar-refractivity contribution >= 4 is 27.6 Å². The first-order valence-electron chi connectivity index (χ1n) is 9.54. The summed E-state index contributed by atoms with van der Waals surface area (Å²) in [6.45, 7) is 6.43. The van der Waals surface area contributed by atoms with Crippen LogP contribution in [0.1, 0.15) is 28.5 Å². The van der Waals surface area contributed by atoms with Crippen LogP contribution in [0.3, 0.4) is 0 Å². The Labute approximate surface area is 175 Å². The van der Waals surface area contributed by atoms with Gasteiger partial charge in [-0.15, -0.1) is 0 Å². The zero-order chi connectivity index (χ0) is 21.9. The number of sulfonamides is 1. The van der Waals surface area contributed by atoms with Gasteiger partial charge in [-0.05, 0) is 38.5 Å². The van der Waals surface area contributed by atoms with Gasteiger partial charge in [0.05, 0.1) is 13.2 Å². The number of anilines is 1. The molecule has 0 spiro atoms. The molecule has 3 rings (SSSR count). The van der Waals surface area contributed by atoms with E-state index < -0.39 is 28.0 Å². The van der Waals surface area contributed by atoms with E-state index in [-0.39, 0.29) is 23.7 Å². The number of aromatic amines is 1. The third-order valence-electron chi connectivity index (χ3n) is 4.78. The smallest absolute Gasteiger partial charge is 0.355 e. The summed E-state index contributed by atoms with van der Waals surface area (Å²) < 4.78 is 37.0. The van der Waals surface area contributed by atoms with E-state index in [1.54, 1.807) is 6.07 Å². The number of amides is 1. The van der Waals surface area contributed by atoms with Gasteiger partial charge in [0.1, 0.15) is 10.6 Å². The number of hydrogen-bond donors (Lipinski definition) is 2. The molecule has 2 aromatic rings. The number of morpholine rings is 1. The fourth-order valence-corrected chi connectivity index (χ4v) is 4.45. The van der Waals surface area contributed by atoms with Crippen LogP contribution in [0, 0.1) is 13.8 Å². The fraction of sp³-hybridized carbons (Fsp3) is 0.400. The SMILES string of the molecule is Cc1ccc(NC(=O)C(C)OC(=O)c2cc(S(=O)(=O)N3CCOCC3)c[nH]2)c(C)c1. The van der Waals surface area contributed by atoms with Crippen molar-refractivity contribution in [3.8, 4) is 0 Å². The number of rotatable bonds is 6. The molecule has 2 heterocycles. The third-order valence-corrected chi connectivity index (χ3v) is 6.65. The molecular weight excluding hydrogens is 410 g/mol. The molecule has 1 aromatic heterocycles. The summed E-state index contributed by atoms with van der Waals surface area (Å²) in [7, 11) is -3.73. The molecular formula is C20H25N3O6S. The van der Waals surface area contributed by atoms with Crippen molar-refractivity contribution in [1.82, 2.24) is 9.29 Å². The van der Waals surface area contributed by atoms with Crippen LogP contribution >= 0.6 is 0 Å². The first kappa shape index (κ1) is 22.0. The highest BCUT2D eigenvalue weighted by Crippen LogP contribution is 2.19. The summed E-state index contributed by atoms with van der Waals surface area (Å²) in [4.78, 5) is 27.3. The molecule has 162 valence electrons. The molecule has 1 aromatic carbocycles. The highest BCUT2D eigenvalue weighted by molar-refractivity contribution is 7.89. The lowest BCUT2D eigenvalue weighted by molar-refractivity contribution is -0.123. The van der Waals surface area contributed by atoms with Crippen LogP contribution in [-0.2, 0) is 24.3 Å². The molecule has 1 aliphatic rings. The normalized spacial score (nSPS) is 16.1. The Morgan fingerprint density at radius 3 is 2.57 bits per heavy atom. The number of aromatic nitrogens is 1. The third kappa shape index (κ3) is 4.89. The van der Waals surface area contributed by atoms with Crippen LogP contribution < -0.4 is 5.32 Å². The van der Waals surface area contributed by atoms with Gasteiger partial charge in [-0.2, -0.15) is 4.31 Å². The number of nitrogens with zero attached hydrogens (tertiary/aromatic N) is 1. The average Bonchev–Trinajstić information content (AvgIpc) is 3.22.